The summed E-state index contributed by atoms with van der Waals surface area (Å²) in [5.74, 6) is 1.71. The predicted molar refractivity (Wildman–Crippen MR) is 130 cm³/mol. The van der Waals surface area contributed by atoms with E-state index in [-0.39, 0.29) is 17.9 Å². The van der Waals surface area contributed by atoms with E-state index in [0.29, 0.717) is 35.9 Å². The third kappa shape index (κ3) is 5.43. The van der Waals surface area contributed by atoms with Crippen LogP contribution in [0.25, 0.3) is 0 Å². The molecule has 1 aromatic carbocycles. The molecule has 8 nitrogen and oxygen atoms in total. The van der Waals surface area contributed by atoms with Gasteiger partial charge in [-0.1, -0.05) is 18.9 Å². The fourth-order valence-corrected chi connectivity index (χ4v) is 4.89. The zero-order valence-electron chi connectivity index (χ0n) is 20.0. The topological polar surface area (TPSA) is 92.8 Å². The van der Waals surface area contributed by atoms with Crippen molar-refractivity contribution in [1.29, 1.82) is 0 Å². The van der Waals surface area contributed by atoms with Crippen molar-refractivity contribution in [3.8, 4) is 11.5 Å². The number of nitrogens with one attached hydrogen (secondary N) is 2. The average molecular weight is 467 g/mol. The first-order chi connectivity index (χ1) is 16.6. The van der Waals surface area contributed by atoms with E-state index in [9.17, 15) is 9.59 Å². The van der Waals surface area contributed by atoms with Crippen LogP contribution < -0.4 is 20.1 Å². The number of piperidine rings is 1. The number of anilines is 1. The van der Waals surface area contributed by atoms with Crippen LogP contribution in [-0.4, -0.2) is 61.6 Å². The van der Waals surface area contributed by atoms with Crippen molar-refractivity contribution in [1.82, 2.24) is 15.2 Å². The number of fused-ring (bicyclic) bond motifs is 1. The van der Waals surface area contributed by atoms with E-state index in [4.69, 9.17) is 9.47 Å². The first kappa shape index (κ1) is 23.9. The molecular formula is C26H34N4O4. The summed E-state index contributed by atoms with van der Waals surface area (Å²) in [6, 6.07) is 7.11. The number of carbonyl (C=O) groups excluding carboxylic acids is 2. The van der Waals surface area contributed by atoms with E-state index < -0.39 is 0 Å². The molecule has 1 aromatic heterocycles. The number of likely N-dealkylation sites (tertiary alicyclic amines) is 1. The molecule has 2 N–H and O–H groups in total. The largest absolute Gasteiger partial charge is 0.496 e. The fraction of sp³-hybridized carbons (Fsp3) is 0.500. The Morgan fingerprint density at radius 2 is 1.85 bits per heavy atom. The molecule has 3 heterocycles. The third-order valence-corrected chi connectivity index (χ3v) is 6.86. The van der Waals surface area contributed by atoms with Crippen molar-refractivity contribution < 1.29 is 19.1 Å². The Balaban J connectivity index is 1.15. The lowest BCUT2D eigenvalue weighted by molar-refractivity contribution is -0.121. The number of pyridine rings is 1. The molecule has 1 atom stereocenters. The van der Waals surface area contributed by atoms with Crippen molar-refractivity contribution in [2.45, 2.75) is 44.6 Å². The van der Waals surface area contributed by atoms with Crippen LogP contribution in [0.15, 0.2) is 36.7 Å². The molecule has 4 rings (SSSR count). The van der Waals surface area contributed by atoms with Crippen molar-refractivity contribution >= 4 is 17.5 Å². The Kier molecular flexibility index (Phi) is 7.87. The summed E-state index contributed by atoms with van der Waals surface area (Å²) in [5.41, 5.74) is 2.60. The summed E-state index contributed by atoms with van der Waals surface area (Å²) >= 11 is 0. The SMILES string of the molecule is COc1cccc(OC)c1C(=O)N1CCC(CCCCNC(=O)C2Cc3cnccc3N2)CC1. The van der Waals surface area contributed by atoms with Crippen LogP contribution >= 0.6 is 0 Å². The lowest BCUT2D eigenvalue weighted by atomic mass is 9.91. The average Bonchev–Trinajstić information content (AvgIpc) is 3.32. The maximum atomic E-state index is 13.1. The van der Waals surface area contributed by atoms with E-state index in [2.05, 4.69) is 15.6 Å². The van der Waals surface area contributed by atoms with Crippen LogP contribution in [0.3, 0.4) is 0 Å². The molecule has 2 amide bonds. The number of unbranched alkanes of at least 4 members (excludes halogenated alkanes) is 1. The molecule has 2 aromatic rings. The van der Waals surface area contributed by atoms with Crippen LogP contribution in [0, 0.1) is 5.92 Å². The van der Waals surface area contributed by atoms with Crippen LogP contribution in [-0.2, 0) is 11.2 Å². The van der Waals surface area contributed by atoms with E-state index in [1.807, 2.05) is 23.2 Å². The number of methoxy groups -OCH3 is 2. The van der Waals surface area contributed by atoms with Crippen molar-refractivity contribution in [3.63, 3.8) is 0 Å². The number of hydrogen-bond donors (Lipinski definition) is 2. The van der Waals surface area contributed by atoms with Gasteiger partial charge >= 0.3 is 0 Å². The van der Waals surface area contributed by atoms with Gasteiger partial charge in [0.15, 0.2) is 0 Å². The Morgan fingerprint density at radius 1 is 1.12 bits per heavy atom. The zero-order chi connectivity index (χ0) is 23.9. The van der Waals surface area contributed by atoms with Gasteiger partial charge < -0.3 is 25.0 Å². The molecule has 182 valence electrons. The van der Waals surface area contributed by atoms with Gasteiger partial charge in [-0.3, -0.25) is 14.6 Å². The number of benzene rings is 1. The van der Waals surface area contributed by atoms with Crippen LogP contribution in [0.2, 0.25) is 0 Å². The number of aromatic nitrogens is 1. The number of hydrogen-bond acceptors (Lipinski definition) is 6. The lowest BCUT2D eigenvalue weighted by Gasteiger charge is -2.32. The summed E-state index contributed by atoms with van der Waals surface area (Å²) < 4.78 is 10.8. The standard InChI is InChI=1S/C26H34N4O4/c1-33-22-7-5-8-23(34-2)24(22)26(32)30-14-10-18(11-15-30)6-3-4-12-28-25(31)21-16-19-17-27-13-9-20(19)29-21/h5,7-9,13,17-18,21,29H,3-4,6,10-12,14-16H2,1-2H3,(H,28,31). The minimum Gasteiger partial charge on any atom is -0.496 e. The molecule has 1 saturated heterocycles. The molecule has 0 radical (unpaired) electrons. The van der Waals surface area contributed by atoms with Gasteiger partial charge in [-0.05, 0) is 48.9 Å². The van der Waals surface area contributed by atoms with Gasteiger partial charge in [-0.2, -0.15) is 0 Å². The van der Waals surface area contributed by atoms with Crippen LogP contribution in [0.5, 0.6) is 11.5 Å². The Bertz CT molecular complexity index is 957. The van der Waals surface area contributed by atoms with E-state index >= 15 is 0 Å². The number of carbonyl (C=O) groups is 2. The van der Waals surface area contributed by atoms with Crippen molar-refractivity contribution in [2.24, 2.45) is 5.92 Å². The summed E-state index contributed by atoms with van der Waals surface area (Å²) in [6.07, 6.45) is 9.39. The molecule has 1 fully saturated rings. The first-order valence-corrected chi connectivity index (χ1v) is 12.1. The minimum absolute atomic E-state index is 0.0334. The highest BCUT2D eigenvalue weighted by atomic mass is 16.5. The first-order valence-electron chi connectivity index (χ1n) is 12.1. The smallest absolute Gasteiger partial charge is 0.261 e. The molecule has 0 aliphatic carbocycles. The zero-order valence-corrected chi connectivity index (χ0v) is 20.0. The summed E-state index contributed by atoms with van der Waals surface area (Å²) in [6.45, 7) is 2.17. The highest BCUT2D eigenvalue weighted by Crippen LogP contribution is 2.31. The maximum Gasteiger partial charge on any atom is 0.261 e. The van der Waals surface area contributed by atoms with E-state index in [1.54, 1.807) is 32.5 Å². The summed E-state index contributed by atoms with van der Waals surface area (Å²) in [7, 11) is 3.14. The highest BCUT2D eigenvalue weighted by Gasteiger charge is 2.28. The Hall–Kier alpha value is -3.29. The molecule has 0 spiro atoms. The van der Waals surface area contributed by atoms with Gasteiger partial charge in [-0.25, -0.2) is 0 Å². The molecule has 2 aliphatic heterocycles. The van der Waals surface area contributed by atoms with Gasteiger partial charge in [0.2, 0.25) is 5.91 Å². The van der Waals surface area contributed by atoms with Crippen LogP contribution in [0.4, 0.5) is 5.69 Å². The van der Waals surface area contributed by atoms with Gasteiger partial charge in [0.05, 0.1) is 14.2 Å². The number of amides is 2. The maximum absolute atomic E-state index is 13.1. The third-order valence-electron chi connectivity index (χ3n) is 6.86. The highest BCUT2D eigenvalue weighted by molar-refractivity contribution is 5.99. The number of rotatable bonds is 9. The molecule has 34 heavy (non-hydrogen) atoms. The monoisotopic (exact) mass is 466 g/mol. The number of ether oxygens (including phenoxy) is 2. The Morgan fingerprint density at radius 3 is 2.53 bits per heavy atom. The van der Waals surface area contributed by atoms with Gasteiger partial charge in [-0.15, -0.1) is 0 Å². The van der Waals surface area contributed by atoms with E-state index in [1.165, 1.54) is 0 Å². The fourth-order valence-electron chi connectivity index (χ4n) is 4.89. The molecule has 1 unspecified atom stereocenters. The van der Waals surface area contributed by atoms with E-state index in [0.717, 1.165) is 56.4 Å². The minimum atomic E-state index is -0.206. The Labute approximate surface area is 201 Å². The van der Waals surface area contributed by atoms with Crippen molar-refractivity contribution in [2.75, 3.05) is 39.2 Å². The van der Waals surface area contributed by atoms with Crippen LogP contribution in [0.1, 0.15) is 48.0 Å². The predicted octanol–water partition coefficient (Wildman–Crippen LogP) is 3.27. The summed E-state index contributed by atoms with van der Waals surface area (Å²) in [4.78, 5) is 31.6. The lowest BCUT2D eigenvalue weighted by Crippen LogP contribution is -2.39. The van der Waals surface area contributed by atoms with Gasteiger partial charge in [0.1, 0.15) is 23.1 Å². The molecule has 8 heteroatoms. The normalized spacial score (nSPS) is 17.6. The number of nitrogens with zero attached hydrogens (tertiary/aromatic N) is 2. The van der Waals surface area contributed by atoms with Gasteiger partial charge in [0, 0.05) is 44.1 Å². The molecule has 0 saturated carbocycles. The van der Waals surface area contributed by atoms with Crippen molar-refractivity contribution in [3.05, 3.63) is 47.8 Å². The molecule has 2 aliphatic rings. The molecule has 0 bridgehead atoms. The quantitative estimate of drug-likeness (QED) is 0.551. The molecular weight excluding hydrogens is 432 g/mol. The van der Waals surface area contributed by atoms with Gasteiger partial charge in [0.25, 0.3) is 5.91 Å². The summed E-state index contributed by atoms with van der Waals surface area (Å²) in [5, 5.41) is 6.33. The second-order valence-corrected chi connectivity index (χ2v) is 8.99. The second-order valence-electron chi connectivity index (χ2n) is 8.99. The second kappa shape index (κ2) is 11.2.